The molecule has 1 aliphatic rings. The smallest absolute Gasteiger partial charge is 0.310 e. The number of methoxy groups -OCH3 is 1. The van der Waals surface area contributed by atoms with Gasteiger partial charge in [0.1, 0.15) is 11.4 Å². The Morgan fingerprint density at radius 1 is 1.31 bits per heavy atom. The van der Waals surface area contributed by atoms with E-state index in [0.717, 1.165) is 24.2 Å². The topological polar surface area (TPSA) is 84.5 Å². The first-order valence-electron chi connectivity index (χ1n) is 8.78. The minimum atomic E-state index is -0.253. The number of rotatable bonds is 5. The number of piperidine rings is 1. The molecule has 0 spiro atoms. The summed E-state index contributed by atoms with van der Waals surface area (Å²) in [5.74, 6) is 0.135. The number of hydrogen-bond acceptors (Lipinski definition) is 5. The van der Waals surface area contributed by atoms with Gasteiger partial charge < -0.3 is 14.4 Å². The number of carbonyl (C=O) groups excluding carboxylic acids is 2. The van der Waals surface area contributed by atoms with Crippen molar-refractivity contribution in [2.24, 2.45) is 5.92 Å². The van der Waals surface area contributed by atoms with Crippen LogP contribution < -0.4 is 4.74 Å². The Bertz CT molecular complexity index is 769. The second-order valence-electron chi connectivity index (χ2n) is 6.24. The van der Waals surface area contributed by atoms with E-state index in [-0.39, 0.29) is 17.8 Å². The van der Waals surface area contributed by atoms with Gasteiger partial charge in [0, 0.05) is 18.7 Å². The van der Waals surface area contributed by atoms with Crippen LogP contribution in [0, 0.1) is 5.92 Å². The molecule has 26 heavy (non-hydrogen) atoms. The molecular formula is C19H23N3O4. The van der Waals surface area contributed by atoms with E-state index in [0.29, 0.717) is 31.1 Å². The molecule has 1 fully saturated rings. The summed E-state index contributed by atoms with van der Waals surface area (Å²) < 4.78 is 10.2. The van der Waals surface area contributed by atoms with E-state index < -0.39 is 0 Å². The highest BCUT2D eigenvalue weighted by Crippen LogP contribution is 2.23. The lowest BCUT2D eigenvalue weighted by atomic mass is 9.98. The molecule has 1 amide bonds. The Morgan fingerprint density at radius 2 is 2.08 bits per heavy atom. The first-order chi connectivity index (χ1) is 12.6. The monoisotopic (exact) mass is 357 g/mol. The first-order valence-corrected chi connectivity index (χ1v) is 8.78. The van der Waals surface area contributed by atoms with Crippen LogP contribution in [0.2, 0.25) is 0 Å². The number of esters is 1. The van der Waals surface area contributed by atoms with Crippen molar-refractivity contribution >= 4 is 11.9 Å². The minimum Gasteiger partial charge on any atom is -0.497 e. The summed E-state index contributed by atoms with van der Waals surface area (Å²) in [4.78, 5) is 26.4. The van der Waals surface area contributed by atoms with Gasteiger partial charge in [0.2, 0.25) is 0 Å². The summed E-state index contributed by atoms with van der Waals surface area (Å²) in [6.45, 7) is 3.16. The maximum atomic E-state index is 12.8. The Labute approximate surface area is 152 Å². The third-order valence-electron chi connectivity index (χ3n) is 4.52. The predicted octanol–water partition coefficient (Wildman–Crippen LogP) is 2.50. The van der Waals surface area contributed by atoms with Gasteiger partial charge in [-0.2, -0.15) is 5.10 Å². The molecule has 2 heterocycles. The van der Waals surface area contributed by atoms with E-state index in [2.05, 4.69) is 10.2 Å². The van der Waals surface area contributed by atoms with Crippen LogP contribution in [0.3, 0.4) is 0 Å². The normalized spacial score (nSPS) is 17.0. The van der Waals surface area contributed by atoms with E-state index in [9.17, 15) is 9.59 Å². The van der Waals surface area contributed by atoms with Crippen molar-refractivity contribution in [1.82, 2.24) is 15.1 Å². The molecule has 3 rings (SSSR count). The van der Waals surface area contributed by atoms with Gasteiger partial charge in [0.15, 0.2) is 0 Å². The van der Waals surface area contributed by atoms with Gasteiger partial charge >= 0.3 is 5.97 Å². The van der Waals surface area contributed by atoms with Crippen molar-refractivity contribution in [1.29, 1.82) is 0 Å². The zero-order chi connectivity index (χ0) is 18.5. The summed E-state index contributed by atoms with van der Waals surface area (Å²) in [6, 6.07) is 9.21. The summed E-state index contributed by atoms with van der Waals surface area (Å²) in [5.41, 5.74) is 2.00. The Balaban J connectivity index is 1.70. The number of benzene rings is 1. The second kappa shape index (κ2) is 8.03. The number of hydrogen-bond donors (Lipinski definition) is 1. The molecule has 2 aromatic rings. The van der Waals surface area contributed by atoms with Crippen LogP contribution in [0.15, 0.2) is 30.3 Å². The van der Waals surface area contributed by atoms with Crippen LogP contribution in [0.5, 0.6) is 5.75 Å². The number of H-pyrrole nitrogens is 1. The van der Waals surface area contributed by atoms with E-state index in [1.807, 2.05) is 24.3 Å². The molecule has 0 saturated carbocycles. The maximum absolute atomic E-state index is 12.8. The van der Waals surface area contributed by atoms with Gasteiger partial charge in [0.25, 0.3) is 5.91 Å². The lowest BCUT2D eigenvalue weighted by Gasteiger charge is -2.31. The Hall–Kier alpha value is -2.83. The fraction of sp³-hybridized carbons (Fsp3) is 0.421. The zero-order valence-corrected chi connectivity index (χ0v) is 15.0. The lowest BCUT2D eigenvalue weighted by molar-refractivity contribution is -0.149. The summed E-state index contributed by atoms with van der Waals surface area (Å²) in [6.07, 6.45) is 1.54. The van der Waals surface area contributed by atoms with Crippen LogP contribution in [0.25, 0.3) is 11.3 Å². The molecular weight excluding hydrogens is 334 g/mol. The van der Waals surface area contributed by atoms with E-state index in [1.54, 1.807) is 25.0 Å². The summed E-state index contributed by atoms with van der Waals surface area (Å²) in [5, 5.41) is 7.05. The van der Waals surface area contributed by atoms with Crippen LogP contribution in [0.4, 0.5) is 0 Å². The molecule has 1 atom stereocenters. The number of nitrogens with zero attached hydrogens (tertiary/aromatic N) is 2. The van der Waals surface area contributed by atoms with Crippen molar-refractivity contribution in [3.05, 3.63) is 36.0 Å². The minimum absolute atomic E-state index is 0.147. The molecule has 0 aliphatic carbocycles. The molecule has 1 aliphatic heterocycles. The average Bonchev–Trinajstić information content (AvgIpc) is 3.18. The average molecular weight is 357 g/mol. The standard InChI is InChI=1S/C19H23N3O4/c1-3-26-19(24)14-5-4-10-22(12-14)18(23)17-11-16(20-21-17)13-6-8-15(25-2)9-7-13/h6-9,11,14H,3-5,10,12H2,1-2H3,(H,20,21)/t14-/m0/s1. The quantitative estimate of drug-likeness (QED) is 0.831. The SMILES string of the molecule is CCOC(=O)[C@H]1CCCN(C(=O)c2cc(-c3ccc(OC)cc3)n[nH]2)C1. The summed E-state index contributed by atoms with van der Waals surface area (Å²) >= 11 is 0. The molecule has 1 saturated heterocycles. The summed E-state index contributed by atoms with van der Waals surface area (Å²) in [7, 11) is 1.61. The van der Waals surface area contributed by atoms with Gasteiger partial charge in [-0.1, -0.05) is 0 Å². The van der Waals surface area contributed by atoms with Crippen molar-refractivity contribution in [3.8, 4) is 17.0 Å². The van der Waals surface area contributed by atoms with Gasteiger partial charge in [-0.15, -0.1) is 0 Å². The van der Waals surface area contributed by atoms with E-state index in [1.165, 1.54) is 0 Å². The number of amides is 1. The highest BCUT2D eigenvalue weighted by atomic mass is 16.5. The van der Waals surface area contributed by atoms with Gasteiger partial charge in [-0.3, -0.25) is 14.7 Å². The predicted molar refractivity (Wildman–Crippen MR) is 95.8 cm³/mol. The van der Waals surface area contributed by atoms with Crippen LogP contribution >= 0.6 is 0 Å². The number of aromatic nitrogens is 2. The second-order valence-corrected chi connectivity index (χ2v) is 6.24. The molecule has 0 bridgehead atoms. The van der Waals surface area contributed by atoms with Crippen molar-refractivity contribution < 1.29 is 19.1 Å². The first kappa shape index (κ1) is 18.0. The van der Waals surface area contributed by atoms with Crippen LogP contribution in [-0.4, -0.2) is 53.8 Å². The largest absolute Gasteiger partial charge is 0.497 e. The number of nitrogens with one attached hydrogen (secondary N) is 1. The Kier molecular flexibility index (Phi) is 5.55. The number of ether oxygens (including phenoxy) is 2. The van der Waals surface area contributed by atoms with E-state index >= 15 is 0 Å². The van der Waals surface area contributed by atoms with E-state index in [4.69, 9.17) is 9.47 Å². The molecule has 0 unspecified atom stereocenters. The molecule has 7 nitrogen and oxygen atoms in total. The third kappa shape index (κ3) is 3.87. The number of aromatic amines is 1. The Morgan fingerprint density at radius 3 is 2.77 bits per heavy atom. The van der Waals surface area contributed by atoms with Crippen LogP contribution in [0.1, 0.15) is 30.3 Å². The van der Waals surface area contributed by atoms with Crippen molar-refractivity contribution in [2.75, 3.05) is 26.8 Å². The van der Waals surface area contributed by atoms with Gasteiger partial charge in [-0.25, -0.2) is 0 Å². The molecule has 0 radical (unpaired) electrons. The molecule has 138 valence electrons. The van der Waals surface area contributed by atoms with Gasteiger partial charge in [-0.05, 0) is 50.1 Å². The highest BCUT2D eigenvalue weighted by molar-refractivity contribution is 5.93. The fourth-order valence-electron chi connectivity index (χ4n) is 3.13. The van der Waals surface area contributed by atoms with Crippen molar-refractivity contribution in [2.45, 2.75) is 19.8 Å². The van der Waals surface area contributed by atoms with Crippen LogP contribution in [-0.2, 0) is 9.53 Å². The fourth-order valence-corrected chi connectivity index (χ4v) is 3.13. The maximum Gasteiger partial charge on any atom is 0.310 e. The number of likely N-dealkylation sites (tertiary alicyclic amines) is 1. The highest BCUT2D eigenvalue weighted by Gasteiger charge is 2.30. The lowest BCUT2D eigenvalue weighted by Crippen LogP contribution is -2.43. The third-order valence-corrected chi connectivity index (χ3v) is 4.52. The molecule has 1 aromatic heterocycles. The molecule has 7 heteroatoms. The van der Waals surface area contributed by atoms with Crippen molar-refractivity contribution in [3.63, 3.8) is 0 Å². The van der Waals surface area contributed by atoms with Gasteiger partial charge in [0.05, 0.1) is 25.3 Å². The molecule has 1 N–H and O–H groups in total. The number of carbonyl (C=O) groups is 2. The zero-order valence-electron chi connectivity index (χ0n) is 15.0. The molecule has 1 aromatic carbocycles.